The molecule has 2 aromatic carbocycles. The standard InChI is InChI=1S/C18H15ClN4O3/c1-11-6-8-14(9-7-11)23-18(26)22(2)17(25)15(21-23)16(24)20-13-5-3-4-12(19)10-13/h3-10H,1-2H3,(H,20,24). The van der Waals surface area contributed by atoms with Gasteiger partial charge in [0.15, 0.2) is 0 Å². The summed E-state index contributed by atoms with van der Waals surface area (Å²) in [5, 5.41) is 6.97. The fraction of sp³-hybridized carbons (Fsp3) is 0.111. The Balaban J connectivity index is 2.07. The maximum atomic E-state index is 12.5. The Labute approximate surface area is 153 Å². The van der Waals surface area contributed by atoms with Gasteiger partial charge >= 0.3 is 5.69 Å². The zero-order valence-electron chi connectivity index (χ0n) is 14.1. The smallest absolute Gasteiger partial charge is 0.320 e. The number of carbonyl (C=O) groups excluding carboxylic acids is 1. The molecule has 0 aliphatic carbocycles. The van der Waals surface area contributed by atoms with Crippen molar-refractivity contribution in [2.75, 3.05) is 5.32 Å². The predicted molar refractivity (Wildman–Crippen MR) is 99.2 cm³/mol. The number of hydrogen-bond acceptors (Lipinski definition) is 4. The highest BCUT2D eigenvalue weighted by Gasteiger charge is 2.19. The molecule has 0 unspecified atom stereocenters. The Hall–Kier alpha value is -3.19. The van der Waals surface area contributed by atoms with Gasteiger partial charge in [0.25, 0.3) is 11.5 Å². The van der Waals surface area contributed by atoms with Gasteiger partial charge in [0.05, 0.1) is 5.69 Å². The van der Waals surface area contributed by atoms with E-state index >= 15 is 0 Å². The van der Waals surface area contributed by atoms with Gasteiger partial charge in [0.1, 0.15) is 0 Å². The van der Waals surface area contributed by atoms with E-state index in [-0.39, 0.29) is 0 Å². The van der Waals surface area contributed by atoms with Gasteiger partial charge in [-0.15, -0.1) is 0 Å². The van der Waals surface area contributed by atoms with Crippen LogP contribution in [0.15, 0.2) is 58.1 Å². The molecule has 3 aromatic rings. The van der Waals surface area contributed by atoms with Gasteiger partial charge in [0.2, 0.25) is 5.69 Å². The van der Waals surface area contributed by atoms with Gasteiger partial charge in [-0.25, -0.2) is 4.79 Å². The number of aryl methyl sites for hydroxylation is 1. The minimum Gasteiger partial charge on any atom is -0.320 e. The van der Waals surface area contributed by atoms with Crippen molar-refractivity contribution >= 4 is 23.2 Å². The van der Waals surface area contributed by atoms with Crippen molar-refractivity contribution in [2.24, 2.45) is 7.05 Å². The number of rotatable bonds is 3. The summed E-state index contributed by atoms with van der Waals surface area (Å²) in [5.41, 5.74) is 0.0571. The largest absolute Gasteiger partial charge is 0.351 e. The lowest BCUT2D eigenvalue weighted by Crippen LogP contribution is -2.43. The van der Waals surface area contributed by atoms with E-state index < -0.39 is 22.9 Å². The lowest BCUT2D eigenvalue weighted by Gasteiger charge is -2.10. The highest BCUT2D eigenvalue weighted by Crippen LogP contribution is 2.15. The van der Waals surface area contributed by atoms with Gasteiger partial charge in [-0.2, -0.15) is 9.78 Å². The minimum atomic E-state index is -0.780. The van der Waals surface area contributed by atoms with Crippen molar-refractivity contribution in [3.63, 3.8) is 0 Å². The van der Waals surface area contributed by atoms with Crippen LogP contribution < -0.4 is 16.6 Å². The van der Waals surface area contributed by atoms with Crippen LogP contribution in [0.2, 0.25) is 5.02 Å². The zero-order valence-corrected chi connectivity index (χ0v) is 14.8. The van der Waals surface area contributed by atoms with Gasteiger partial charge in [-0.05, 0) is 37.3 Å². The molecule has 0 aliphatic rings. The molecular formula is C18H15ClN4O3. The van der Waals surface area contributed by atoms with E-state index in [0.29, 0.717) is 16.4 Å². The quantitative estimate of drug-likeness (QED) is 0.765. The molecule has 0 bridgehead atoms. The summed E-state index contributed by atoms with van der Waals surface area (Å²) >= 11 is 5.89. The number of amides is 1. The van der Waals surface area contributed by atoms with Crippen molar-refractivity contribution in [1.29, 1.82) is 0 Å². The molecule has 8 heteroatoms. The number of nitrogens with zero attached hydrogens (tertiary/aromatic N) is 3. The first-order valence-electron chi connectivity index (χ1n) is 7.71. The fourth-order valence-electron chi connectivity index (χ4n) is 2.33. The lowest BCUT2D eigenvalue weighted by atomic mass is 10.2. The fourth-order valence-corrected chi connectivity index (χ4v) is 2.52. The molecule has 0 fully saturated rings. The van der Waals surface area contributed by atoms with E-state index in [0.717, 1.165) is 14.8 Å². The molecule has 0 aliphatic heterocycles. The van der Waals surface area contributed by atoms with Crippen LogP contribution in [0.3, 0.4) is 0 Å². The molecule has 7 nitrogen and oxygen atoms in total. The van der Waals surface area contributed by atoms with Crippen molar-refractivity contribution in [3.05, 3.63) is 85.6 Å². The Bertz CT molecular complexity index is 1100. The molecule has 3 rings (SSSR count). The molecule has 26 heavy (non-hydrogen) atoms. The molecule has 1 heterocycles. The van der Waals surface area contributed by atoms with E-state index in [1.165, 1.54) is 7.05 Å². The summed E-state index contributed by atoms with van der Waals surface area (Å²) in [6, 6.07) is 13.5. The number of carbonyl (C=O) groups is 1. The summed E-state index contributed by atoms with van der Waals surface area (Å²) in [6.45, 7) is 1.91. The summed E-state index contributed by atoms with van der Waals surface area (Å²) in [6.07, 6.45) is 0. The van der Waals surface area contributed by atoms with Crippen LogP contribution in [0.4, 0.5) is 5.69 Å². The Morgan fingerprint density at radius 3 is 2.46 bits per heavy atom. The minimum absolute atomic E-state index is 0.396. The van der Waals surface area contributed by atoms with Gasteiger partial charge in [-0.1, -0.05) is 35.4 Å². The first-order chi connectivity index (χ1) is 12.4. The van der Waals surface area contributed by atoms with Gasteiger partial charge in [-0.3, -0.25) is 14.2 Å². The first-order valence-corrected chi connectivity index (χ1v) is 8.09. The van der Waals surface area contributed by atoms with Crippen LogP contribution in [0.25, 0.3) is 5.69 Å². The molecule has 1 amide bonds. The number of hydrogen-bond donors (Lipinski definition) is 1. The van der Waals surface area contributed by atoms with Gasteiger partial charge < -0.3 is 5.32 Å². The predicted octanol–water partition coefficient (Wildman–Crippen LogP) is 2.15. The maximum Gasteiger partial charge on any atom is 0.351 e. The number of aromatic nitrogens is 3. The molecule has 0 atom stereocenters. The number of halogens is 1. The van der Waals surface area contributed by atoms with Gasteiger partial charge in [0, 0.05) is 17.8 Å². The van der Waals surface area contributed by atoms with Crippen LogP contribution in [-0.4, -0.2) is 20.3 Å². The van der Waals surface area contributed by atoms with Crippen molar-refractivity contribution in [1.82, 2.24) is 14.3 Å². The topological polar surface area (TPSA) is 86.0 Å². The Morgan fingerprint density at radius 2 is 1.81 bits per heavy atom. The molecule has 1 aromatic heterocycles. The van der Waals surface area contributed by atoms with Crippen molar-refractivity contribution < 1.29 is 4.79 Å². The summed E-state index contributed by atoms with van der Waals surface area (Å²) in [4.78, 5) is 37.2. The van der Waals surface area contributed by atoms with Crippen LogP contribution in [-0.2, 0) is 7.05 Å². The number of benzene rings is 2. The average molecular weight is 371 g/mol. The highest BCUT2D eigenvalue weighted by atomic mass is 35.5. The molecule has 0 radical (unpaired) electrons. The van der Waals surface area contributed by atoms with E-state index in [9.17, 15) is 14.4 Å². The zero-order chi connectivity index (χ0) is 18.8. The summed E-state index contributed by atoms with van der Waals surface area (Å²) < 4.78 is 1.87. The van der Waals surface area contributed by atoms with Crippen LogP contribution >= 0.6 is 11.6 Å². The number of nitrogens with one attached hydrogen (secondary N) is 1. The molecule has 0 spiro atoms. The molecular weight excluding hydrogens is 356 g/mol. The maximum absolute atomic E-state index is 12.5. The van der Waals surface area contributed by atoms with Crippen molar-refractivity contribution in [2.45, 2.75) is 6.92 Å². The van der Waals surface area contributed by atoms with E-state index in [4.69, 9.17) is 11.6 Å². The van der Waals surface area contributed by atoms with Crippen molar-refractivity contribution in [3.8, 4) is 5.69 Å². The second-order valence-electron chi connectivity index (χ2n) is 5.71. The second-order valence-corrected chi connectivity index (χ2v) is 6.14. The molecule has 0 saturated carbocycles. The summed E-state index contributed by atoms with van der Waals surface area (Å²) in [7, 11) is 1.30. The Kier molecular flexibility index (Phi) is 4.73. The third kappa shape index (κ3) is 3.43. The van der Waals surface area contributed by atoms with Crippen LogP contribution in [0.1, 0.15) is 16.1 Å². The normalized spacial score (nSPS) is 10.6. The highest BCUT2D eigenvalue weighted by molar-refractivity contribution is 6.30. The van der Waals surface area contributed by atoms with E-state index in [1.807, 2.05) is 6.92 Å². The third-order valence-corrected chi connectivity index (χ3v) is 3.99. The van der Waals surface area contributed by atoms with Crippen LogP contribution in [0.5, 0.6) is 0 Å². The van der Waals surface area contributed by atoms with E-state index in [2.05, 4.69) is 10.4 Å². The number of anilines is 1. The average Bonchev–Trinajstić information content (AvgIpc) is 2.61. The van der Waals surface area contributed by atoms with Crippen LogP contribution in [0, 0.1) is 6.92 Å². The molecule has 1 N–H and O–H groups in total. The molecule has 0 saturated heterocycles. The summed E-state index contributed by atoms with van der Waals surface area (Å²) in [5.74, 6) is -0.728. The third-order valence-electron chi connectivity index (χ3n) is 3.75. The Morgan fingerprint density at radius 1 is 1.12 bits per heavy atom. The SMILES string of the molecule is Cc1ccc(-n2nc(C(=O)Nc3cccc(Cl)c3)c(=O)n(C)c2=O)cc1. The molecule has 132 valence electrons. The second kappa shape index (κ2) is 6.97. The monoisotopic (exact) mass is 370 g/mol. The lowest BCUT2D eigenvalue weighted by molar-refractivity contribution is 0.101. The first kappa shape index (κ1) is 17.6. The van der Waals surface area contributed by atoms with E-state index in [1.54, 1.807) is 48.5 Å².